The van der Waals surface area contributed by atoms with Gasteiger partial charge in [0.2, 0.25) is 0 Å². The largest absolute Gasteiger partial charge is 0.232 e. The van der Waals surface area contributed by atoms with E-state index in [-0.39, 0.29) is 5.54 Å². The summed E-state index contributed by atoms with van der Waals surface area (Å²) < 4.78 is 0. The van der Waals surface area contributed by atoms with Crippen LogP contribution in [0.4, 0.5) is 0 Å². The van der Waals surface area contributed by atoms with Gasteiger partial charge in [0.1, 0.15) is 0 Å². The van der Waals surface area contributed by atoms with Gasteiger partial charge in [0.25, 0.3) is 0 Å². The average molecular weight is 285 g/mol. The van der Waals surface area contributed by atoms with Crippen molar-refractivity contribution in [2.45, 2.75) is 18.9 Å². The summed E-state index contributed by atoms with van der Waals surface area (Å²) in [6.07, 6.45) is 9.31. The van der Waals surface area contributed by atoms with Crippen LogP contribution >= 0.6 is 0 Å². The molecule has 3 rings (SSSR count). The normalized spacial score (nSPS) is 19.5. The molecule has 1 unspecified atom stereocenters. The molecule has 1 nitrogen and oxygen atoms in total. The van der Waals surface area contributed by atoms with Crippen molar-refractivity contribution in [1.82, 2.24) is 0 Å². The molecule has 0 heterocycles. The van der Waals surface area contributed by atoms with Crippen LogP contribution in [0.2, 0.25) is 0 Å². The van der Waals surface area contributed by atoms with E-state index in [1.165, 1.54) is 0 Å². The lowest BCUT2D eigenvalue weighted by Gasteiger charge is -2.19. The summed E-state index contributed by atoms with van der Waals surface area (Å²) in [5.41, 5.74) is 3.10. The first-order valence-corrected chi connectivity index (χ1v) is 7.57. The molecule has 0 saturated heterocycles. The van der Waals surface area contributed by atoms with Crippen LogP contribution in [-0.2, 0) is 0 Å². The lowest BCUT2D eigenvalue weighted by Crippen LogP contribution is -2.18. The monoisotopic (exact) mass is 285 g/mol. The average Bonchev–Trinajstić information content (AvgIpc) is 2.58. The van der Waals surface area contributed by atoms with E-state index in [2.05, 4.69) is 61.4 Å². The highest BCUT2D eigenvalue weighted by Gasteiger charge is 2.18. The summed E-state index contributed by atoms with van der Waals surface area (Å²) >= 11 is 0. The van der Waals surface area contributed by atoms with E-state index in [9.17, 15) is 0 Å². The molecule has 1 atom stereocenters. The Bertz CT molecular complexity index is 706. The summed E-state index contributed by atoms with van der Waals surface area (Å²) in [5, 5.41) is 0. The number of hydrogen-bond acceptors (Lipinski definition) is 1. The van der Waals surface area contributed by atoms with E-state index in [1.54, 1.807) is 0 Å². The molecule has 1 heteroatoms. The number of benzene rings is 2. The minimum Gasteiger partial charge on any atom is -0.232 e. The maximum atomic E-state index is 4.74. The van der Waals surface area contributed by atoms with Gasteiger partial charge in [0.15, 0.2) is 0 Å². The van der Waals surface area contributed by atoms with Crippen LogP contribution in [0.5, 0.6) is 0 Å². The van der Waals surface area contributed by atoms with E-state index in [4.69, 9.17) is 4.99 Å². The maximum Gasteiger partial charge on any atom is 0.0891 e. The third-order valence-electron chi connectivity index (χ3n) is 3.78. The van der Waals surface area contributed by atoms with Crippen molar-refractivity contribution < 1.29 is 0 Å². The number of aliphatic imine (C=N–C) groups is 1. The van der Waals surface area contributed by atoms with E-state index < -0.39 is 0 Å². The highest BCUT2D eigenvalue weighted by Crippen LogP contribution is 2.24. The fourth-order valence-electron chi connectivity index (χ4n) is 2.49. The van der Waals surface area contributed by atoms with E-state index in [0.29, 0.717) is 0 Å². The summed E-state index contributed by atoms with van der Waals surface area (Å²) in [4.78, 5) is 4.74. The van der Waals surface area contributed by atoms with Crippen molar-refractivity contribution in [3.8, 4) is 0 Å². The molecule has 0 fully saturated rings. The van der Waals surface area contributed by atoms with Gasteiger partial charge in [-0.05, 0) is 30.3 Å². The Morgan fingerprint density at radius 3 is 2.00 bits per heavy atom. The van der Waals surface area contributed by atoms with Gasteiger partial charge in [0, 0.05) is 0 Å². The Kier molecular flexibility index (Phi) is 4.18. The van der Waals surface area contributed by atoms with E-state index >= 15 is 0 Å². The number of rotatable bonds is 3. The molecule has 0 N–H and O–H groups in total. The van der Waals surface area contributed by atoms with Crippen LogP contribution in [0.1, 0.15) is 24.5 Å². The number of nitrogens with zero attached hydrogens (tertiary/aromatic N) is 1. The lowest BCUT2D eigenvalue weighted by atomic mass is 9.94. The fraction of sp³-hybridized carbons (Fsp3) is 0.143. The Hall–Kier alpha value is -2.63. The molecule has 0 radical (unpaired) electrons. The topological polar surface area (TPSA) is 12.4 Å². The molecule has 2 aromatic carbocycles. The third-order valence-corrected chi connectivity index (χ3v) is 3.78. The van der Waals surface area contributed by atoms with Gasteiger partial charge < -0.3 is 0 Å². The first-order valence-electron chi connectivity index (χ1n) is 7.57. The summed E-state index contributed by atoms with van der Waals surface area (Å²) in [7, 11) is 0. The summed E-state index contributed by atoms with van der Waals surface area (Å²) in [5.74, 6) is 3.32. The third kappa shape index (κ3) is 3.33. The zero-order chi connectivity index (χ0) is 15.3. The van der Waals surface area contributed by atoms with Crippen molar-refractivity contribution in [3.05, 3.63) is 96.1 Å². The van der Waals surface area contributed by atoms with Crippen molar-refractivity contribution in [3.63, 3.8) is 0 Å². The molecular weight excluding hydrogens is 266 g/mol. The molecule has 1 aliphatic carbocycles. The van der Waals surface area contributed by atoms with Gasteiger partial charge in [0.05, 0.1) is 11.1 Å². The molecule has 0 spiro atoms. The molecular formula is C21H19N. The van der Waals surface area contributed by atoms with Crippen LogP contribution in [0, 0.1) is 0 Å². The second-order valence-electron chi connectivity index (χ2n) is 5.68. The fourth-order valence-corrected chi connectivity index (χ4v) is 2.49. The highest BCUT2D eigenvalue weighted by atomic mass is 14.8. The van der Waals surface area contributed by atoms with Gasteiger partial charge in [-0.1, -0.05) is 85.0 Å². The predicted molar refractivity (Wildman–Crippen MR) is 94.1 cm³/mol. The molecule has 1 aliphatic rings. The predicted octanol–water partition coefficient (Wildman–Crippen LogP) is 5.06. The molecule has 108 valence electrons. The SMILES string of the molecule is CC1(N=C=C(c2ccccc2)c2ccccc2)C=CC=CC1. The van der Waals surface area contributed by atoms with Crippen LogP contribution in [0.15, 0.2) is 90.0 Å². The zero-order valence-corrected chi connectivity index (χ0v) is 12.7. The van der Waals surface area contributed by atoms with Crippen molar-refractivity contribution in [2.75, 3.05) is 0 Å². The van der Waals surface area contributed by atoms with Crippen LogP contribution in [0.3, 0.4) is 0 Å². The first-order chi connectivity index (χ1) is 10.8. The highest BCUT2D eigenvalue weighted by molar-refractivity contribution is 5.98. The second kappa shape index (κ2) is 6.43. The Balaban J connectivity index is 2.08. The molecule has 22 heavy (non-hydrogen) atoms. The molecule has 0 bridgehead atoms. The van der Waals surface area contributed by atoms with Crippen LogP contribution in [-0.4, -0.2) is 11.4 Å². The van der Waals surface area contributed by atoms with E-state index in [0.717, 1.165) is 23.1 Å². The van der Waals surface area contributed by atoms with Crippen LogP contribution < -0.4 is 0 Å². The molecule has 0 aliphatic heterocycles. The zero-order valence-electron chi connectivity index (χ0n) is 12.7. The quantitative estimate of drug-likeness (QED) is 0.699. The minimum atomic E-state index is -0.205. The number of hydrogen-bond donors (Lipinski definition) is 0. The van der Waals surface area contributed by atoms with E-state index in [1.807, 2.05) is 36.4 Å². The smallest absolute Gasteiger partial charge is 0.0891 e. The van der Waals surface area contributed by atoms with Crippen LogP contribution in [0.25, 0.3) is 5.57 Å². The Morgan fingerprint density at radius 1 is 0.909 bits per heavy atom. The molecule has 0 amide bonds. The van der Waals surface area contributed by atoms with Crippen molar-refractivity contribution >= 4 is 11.4 Å². The van der Waals surface area contributed by atoms with Gasteiger partial charge in [-0.15, -0.1) is 0 Å². The minimum absolute atomic E-state index is 0.205. The van der Waals surface area contributed by atoms with Crippen molar-refractivity contribution in [2.24, 2.45) is 4.99 Å². The molecule has 0 saturated carbocycles. The van der Waals surface area contributed by atoms with Gasteiger partial charge in [-0.25, -0.2) is 4.99 Å². The Morgan fingerprint density at radius 2 is 1.50 bits per heavy atom. The summed E-state index contributed by atoms with van der Waals surface area (Å²) in [6.45, 7) is 2.13. The maximum absolute atomic E-state index is 4.74. The standard InChI is InChI=1S/C21H19N/c1-21(15-9-4-10-16-21)22-17-20(18-11-5-2-6-12-18)19-13-7-3-8-14-19/h2-15H,16H2,1H3. The van der Waals surface area contributed by atoms with Gasteiger partial charge in [-0.2, -0.15) is 0 Å². The number of allylic oxidation sites excluding steroid dienone is 2. The van der Waals surface area contributed by atoms with Gasteiger partial charge in [-0.3, -0.25) is 0 Å². The van der Waals surface area contributed by atoms with Crippen molar-refractivity contribution in [1.29, 1.82) is 0 Å². The summed E-state index contributed by atoms with van der Waals surface area (Å²) in [6, 6.07) is 20.6. The van der Waals surface area contributed by atoms with Gasteiger partial charge >= 0.3 is 0 Å². The lowest BCUT2D eigenvalue weighted by molar-refractivity contribution is 0.597. The Labute approximate surface area is 132 Å². The molecule has 0 aromatic heterocycles. The second-order valence-corrected chi connectivity index (χ2v) is 5.68. The molecule has 2 aromatic rings. The first kappa shape index (κ1) is 14.3.